The number of phenols is 1. The van der Waals surface area contributed by atoms with E-state index in [0.717, 1.165) is 18.7 Å². The SMILES string of the molecule is CSCCCNc1cccc(O)c1. The highest BCUT2D eigenvalue weighted by molar-refractivity contribution is 7.98. The van der Waals surface area contributed by atoms with Gasteiger partial charge in [0.25, 0.3) is 0 Å². The van der Waals surface area contributed by atoms with Crippen molar-refractivity contribution in [2.24, 2.45) is 0 Å². The number of hydrogen-bond donors (Lipinski definition) is 2. The van der Waals surface area contributed by atoms with Crippen LogP contribution >= 0.6 is 11.8 Å². The lowest BCUT2D eigenvalue weighted by Crippen LogP contribution is -2.01. The molecule has 0 saturated carbocycles. The zero-order valence-electron chi connectivity index (χ0n) is 7.79. The van der Waals surface area contributed by atoms with Crippen LogP contribution in [0.15, 0.2) is 24.3 Å². The lowest BCUT2D eigenvalue weighted by atomic mass is 10.3. The average Bonchev–Trinajstić information content (AvgIpc) is 2.13. The van der Waals surface area contributed by atoms with Crippen molar-refractivity contribution < 1.29 is 5.11 Å². The fourth-order valence-electron chi connectivity index (χ4n) is 1.07. The van der Waals surface area contributed by atoms with Crippen LogP contribution in [0.2, 0.25) is 0 Å². The van der Waals surface area contributed by atoms with E-state index < -0.39 is 0 Å². The molecule has 2 nitrogen and oxygen atoms in total. The molecule has 0 amide bonds. The van der Waals surface area contributed by atoms with E-state index in [2.05, 4.69) is 11.6 Å². The first-order valence-electron chi connectivity index (χ1n) is 4.35. The van der Waals surface area contributed by atoms with E-state index in [1.165, 1.54) is 5.75 Å². The van der Waals surface area contributed by atoms with Crippen LogP contribution in [0.4, 0.5) is 5.69 Å². The van der Waals surface area contributed by atoms with Crippen molar-refractivity contribution in [3.8, 4) is 5.75 Å². The third-order valence-corrected chi connectivity index (χ3v) is 2.40. The molecule has 1 aromatic carbocycles. The lowest BCUT2D eigenvalue weighted by Gasteiger charge is -2.05. The van der Waals surface area contributed by atoms with E-state index in [1.54, 1.807) is 12.1 Å². The number of anilines is 1. The van der Waals surface area contributed by atoms with Gasteiger partial charge in [0.1, 0.15) is 5.75 Å². The van der Waals surface area contributed by atoms with Gasteiger partial charge in [-0.05, 0) is 30.6 Å². The Morgan fingerprint density at radius 3 is 3.00 bits per heavy atom. The summed E-state index contributed by atoms with van der Waals surface area (Å²) < 4.78 is 0. The van der Waals surface area contributed by atoms with Gasteiger partial charge >= 0.3 is 0 Å². The molecule has 0 radical (unpaired) electrons. The predicted octanol–water partition coefficient (Wildman–Crippen LogP) is 2.56. The van der Waals surface area contributed by atoms with Gasteiger partial charge in [0.2, 0.25) is 0 Å². The molecule has 0 spiro atoms. The van der Waals surface area contributed by atoms with Crippen LogP contribution in [0.1, 0.15) is 6.42 Å². The van der Waals surface area contributed by atoms with Crippen LogP contribution in [0.25, 0.3) is 0 Å². The van der Waals surface area contributed by atoms with Gasteiger partial charge in [-0.2, -0.15) is 11.8 Å². The molecule has 0 aliphatic heterocycles. The van der Waals surface area contributed by atoms with Gasteiger partial charge in [-0.3, -0.25) is 0 Å². The first kappa shape index (κ1) is 10.3. The first-order chi connectivity index (χ1) is 6.33. The maximum atomic E-state index is 9.17. The average molecular weight is 197 g/mol. The van der Waals surface area contributed by atoms with Crippen LogP contribution in [0, 0.1) is 0 Å². The van der Waals surface area contributed by atoms with Crippen LogP contribution in [-0.2, 0) is 0 Å². The Labute approximate surface area is 83.4 Å². The molecule has 1 aromatic rings. The molecule has 0 aliphatic rings. The normalized spacial score (nSPS) is 9.92. The van der Waals surface area contributed by atoms with Crippen LogP contribution < -0.4 is 5.32 Å². The van der Waals surface area contributed by atoms with Crippen LogP contribution in [-0.4, -0.2) is 23.7 Å². The molecule has 0 aliphatic carbocycles. The van der Waals surface area contributed by atoms with Gasteiger partial charge in [-0.25, -0.2) is 0 Å². The summed E-state index contributed by atoms with van der Waals surface area (Å²) in [6.07, 6.45) is 3.26. The van der Waals surface area contributed by atoms with E-state index in [0.29, 0.717) is 5.75 Å². The van der Waals surface area contributed by atoms with Gasteiger partial charge in [-0.1, -0.05) is 6.07 Å². The van der Waals surface area contributed by atoms with Crippen molar-refractivity contribution in [3.05, 3.63) is 24.3 Å². The Hall–Kier alpha value is -0.830. The largest absolute Gasteiger partial charge is 0.508 e. The Morgan fingerprint density at radius 1 is 1.46 bits per heavy atom. The highest BCUT2D eigenvalue weighted by atomic mass is 32.2. The minimum absolute atomic E-state index is 0.315. The molecule has 0 heterocycles. The van der Waals surface area contributed by atoms with Gasteiger partial charge in [0.15, 0.2) is 0 Å². The molecule has 0 bridgehead atoms. The van der Waals surface area contributed by atoms with E-state index in [1.807, 2.05) is 23.9 Å². The molecule has 0 aromatic heterocycles. The summed E-state index contributed by atoms with van der Waals surface area (Å²) >= 11 is 1.85. The van der Waals surface area contributed by atoms with Crippen LogP contribution in [0.5, 0.6) is 5.75 Å². The lowest BCUT2D eigenvalue weighted by molar-refractivity contribution is 0.475. The molecule has 0 saturated heterocycles. The minimum Gasteiger partial charge on any atom is -0.508 e. The summed E-state index contributed by atoms with van der Waals surface area (Å²) in [5.41, 5.74) is 0.987. The second-order valence-corrected chi connectivity index (χ2v) is 3.81. The molecule has 1 rings (SSSR count). The maximum Gasteiger partial charge on any atom is 0.117 e. The third-order valence-electron chi connectivity index (χ3n) is 1.70. The Bertz CT molecular complexity index is 252. The summed E-state index contributed by atoms with van der Waals surface area (Å²) in [4.78, 5) is 0. The van der Waals surface area contributed by atoms with Gasteiger partial charge in [0.05, 0.1) is 0 Å². The van der Waals surface area contributed by atoms with Crippen molar-refractivity contribution in [2.45, 2.75) is 6.42 Å². The molecule has 13 heavy (non-hydrogen) atoms. The number of thioether (sulfide) groups is 1. The van der Waals surface area contributed by atoms with E-state index in [4.69, 9.17) is 0 Å². The third kappa shape index (κ3) is 4.08. The van der Waals surface area contributed by atoms with Gasteiger partial charge in [-0.15, -0.1) is 0 Å². The van der Waals surface area contributed by atoms with Crippen molar-refractivity contribution in [2.75, 3.05) is 23.9 Å². The van der Waals surface area contributed by atoms with Gasteiger partial charge < -0.3 is 10.4 Å². The van der Waals surface area contributed by atoms with E-state index in [-0.39, 0.29) is 0 Å². The first-order valence-corrected chi connectivity index (χ1v) is 5.74. The number of hydrogen-bond acceptors (Lipinski definition) is 3. The fourth-order valence-corrected chi connectivity index (χ4v) is 1.50. The quantitative estimate of drug-likeness (QED) is 0.711. The molecule has 72 valence electrons. The number of nitrogens with one attached hydrogen (secondary N) is 1. The molecular formula is C10H15NOS. The Kier molecular flexibility index (Phi) is 4.54. The summed E-state index contributed by atoms with van der Waals surface area (Å²) in [6, 6.07) is 7.21. The molecule has 0 unspecified atom stereocenters. The van der Waals surface area contributed by atoms with E-state index in [9.17, 15) is 5.11 Å². The second kappa shape index (κ2) is 5.75. The van der Waals surface area contributed by atoms with Crippen molar-refractivity contribution in [1.29, 1.82) is 0 Å². The number of rotatable bonds is 5. The molecule has 0 atom stereocenters. The maximum absolute atomic E-state index is 9.17. The summed E-state index contributed by atoms with van der Waals surface area (Å²) in [7, 11) is 0. The zero-order chi connectivity index (χ0) is 9.52. The number of benzene rings is 1. The van der Waals surface area contributed by atoms with Crippen molar-refractivity contribution in [1.82, 2.24) is 0 Å². The van der Waals surface area contributed by atoms with Crippen LogP contribution in [0.3, 0.4) is 0 Å². The second-order valence-electron chi connectivity index (χ2n) is 2.82. The summed E-state index contributed by atoms with van der Waals surface area (Å²) in [5, 5.41) is 12.4. The minimum atomic E-state index is 0.315. The molecular weight excluding hydrogens is 182 g/mol. The van der Waals surface area contributed by atoms with E-state index >= 15 is 0 Å². The molecule has 2 N–H and O–H groups in total. The smallest absolute Gasteiger partial charge is 0.117 e. The monoisotopic (exact) mass is 197 g/mol. The summed E-state index contributed by atoms with van der Waals surface area (Å²) in [6.45, 7) is 0.963. The predicted molar refractivity (Wildman–Crippen MR) is 59.6 cm³/mol. The highest BCUT2D eigenvalue weighted by Gasteiger charge is 1.92. The zero-order valence-corrected chi connectivity index (χ0v) is 8.60. The fraction of sp³-hybridized carbons (Fsp3) is 0.400. The van der Waals surface area contributed by atoms with Crippen molar-refractivity contribution in [3.63, 3.8) is 0 Å². The van der Waals surface area contributed by atoms with Crippen molar-refractivity contribution >= 4 is 17.4 Å². The summed E-state index contributed by atoms with van der Waals surface area (Å²) in [5.74, 6) is 1.49. The Balaban J connectivity index is 2.28. The van der Waals surface area contributed by atoms with Gasteiger partial charge in [0, 0.05) is 18.3 Å². The molecule has 0 fully saturated rings. The number of phenolic OH excluding ortho intramolecular Hbond substituents is 1. The highest BCUT2D eigenvalue weighted by Crippen LogP contribution is 2.15. The molecule has 3 heteroatoms. The number of aromatic hydroxyl groups is 1. The standard InChI is InChI=1S/C10H15NOS/c1-13-7-3-6-11-9-4-2-5-10(12)8-9/h2,4-5,8,11-12H,3,6-7H2,1H3. The Morgan fingerprint density at radius 2 is 2.31 bits per heavy atom. The topological polar surface area (TPSA) is 32.3 Å².